The van der Waals surface area contributed by atoms with E-state index in [1.165, 1.54) is 16.7 Å². The Balaban J connectivity index is 2.11. The highest BCUT2D eigenvalue weighted by Gasteiger charge is 2.28. The van der Waals surface area contributed by atoms with Crippen LogP contribution in [0.15, 0.2) is 29.2 Å². The second-order valence-electron chi connectivity index (χ2n) is 5.14. The number of aliphatic carboxylic acids is 1. The minimum absolute atomic E-state index is 0.154. The van der Waals surface area contributed by atoms with Crippen LogP contribution in [0.4, 0.5) is 0 Å². The van der Waals surface area contributed by atoms with Crippen molar-refractivity contribution in [3.05, 3.63) is 40.3 Å². The standard InChI is InChI=1S/C16H16N2O4S2/c1-3-11(15(21)22)17-13(19)10-6-4-9(5-7-10)8-12-14(20)18(2)16(23)24-12/h4-8,11H,3H2,1-2H3,(H,17,19)(H,21,22)/b12-8-/t11-/m1/s1. The number of nitrogens with one attached hydrogen (secondary N) is 1. The van der Waals surface area contributed by atoms with Crippen molar-refractivity contribution in [1.29, 1.82) is 0 Å². The number of hydrogen-bond acceptors (Lipinski definition) is 5. The fourth-order valence-electron chi connectivity index (χ4n) is 2.01. The van der Waals surface area contributed by atoms with Gasteiger partial charge in [0.2, 0.25) is 0 Å². The van der Waals surface area contributed by atoms with Gasteiger partial charge in [0.25, 0.3) is 11.8 Å². The fourth-order valence-corrected chi connectivity index (χ4v) is 3.19. The van der Waals surface area contributed by atoms with E-state index in [1.54, 1.807) is 44.3 Å². The largest absolute Gasteiger partial charge is 0.480 e. The molecule has 0 spiro atoms. The van der Waals surface area contributed by atoms with Gasteiger partial charge < -0.3 is 10.4 Å². The number of carboxylic acid groups (broad SMARTS) is 1. The van der Waals surface area contributed by atoms with Crippen molar-refractivity contribution in [3.8, 4) is 0 Å². The number of rotatable bonds is 5. The zero-order chi connectivity index (χ0) is 17.9. The zero-order valence-electron chi connectivity index (χ0n) is 13.1. The van der Waals surface area contributed by atoms with Crippen molar-refractivity contribution >= 4 is 52.2 Å². The Morgan fingerprint density at radius 2 is 2.00 bits per heavy atom. The first-order valence-corrected chi connectivity index (χ1v) is 8.41. The van der Waals surface area contributed by atoms with E-state index < -0.39 is 17.9 Å². The molecule has 0 saturated carbocycles. The van der Waals surface area contributed by atoms with Crippen LogP contribution in [0.2, 0.25) is 0 Å². The Bertz CT molecular complexity index is 728. The predicted molar refractivity (Wildman–Crippen MR) is 96.6 cm³/mol. The molecule has 0 bridgehead atoms. The van der Waals surface area contributed by atoms with Crippen LogP contribution in [0.3, 0.4) is 0 Å². The van der Waals surface area contributed by atoms with Crippen LogP contribution < -0.4 is 5.32 Å². The van der Waals surface area contributed by atoms with Crippen molar-refractivity contribution in [2.45, 2.75) is 19.4 Å². The summed E-state index contributed by atoms with van der Waals surface area (Å²) >= 11 is 6.29. The van der Waals surface area contributed by atoms with E-state index in [-0.39, 0.29) is 5.91 Å². The average molecular weight is 364 g/mol. The second-order valence-corrected chi connectivity index (χ2v) is 6.81. The van der Waals surface area contributed by atoms with Gasteiger partial charge in [-0.3, -0.25) is 14.5 Å². The SMILES string of the molecule is CC[C@@H](NC(=O)c1ccc(/C=C2\SC(=S)N(C)C2=O)cc1)C(=O)O. The smallest absolute Gasteiger partial charge is 0.326 e. The molecular weight excluding hydrogens is 348 g/mol. The molecule has 2 amide bonds. The molecule has 0 aromatic heterocycles. The van der Waals surface area contributed by atoms with E-state index in [2.05, 4.69) is 5.32 Å². The van der Waals surface area contributed by atoms with Gasteiger partial charge in [-0.2, -0.15) is 0 Å². The van der Waals surface area contributed by atoms with Gasteiger partial charge in [0.05, 0.1) is 4.91 Å². The number of hydrogen-bond donors (Lipinski definition) is 2. The molecule has 0 unspecified atom stereocenters. The van der Waals surface area contributed by atoms with Crippen LogP contribution in [0.1, 0.15) is 29.3 Å². The molecule has 8 heteroatoms. The lowest BCUT2D eigenvalue weighted by molar-refractivity contribution is -0.139. The molecule has 2 rings (SSSR count). The number of amides is 2. The number of thioether (sulfide) groups is 1. The van der Waals surface area contributed by atoms with E-state index in [0.29, 0.717) is 21.2 Å². The van der Waals surface area contributed by atoms with E-state index in [4.69, 9.17) is 17.3 Å². The third kappa shape index (κ3) is 4.01. The molecule has 1 aromatic rings. The quantitative estimate of drug-likeness (QED) is 0.615. The van der Waals surface area contributed by atoms with Gasteiger partial charge in [-0.1, -0.05) is 43.0 Å². The lowest BCUT2D eigenvalue weighted by Crippen LogP contribution is -2.40. The summed E-state index contributed by atoms with van der Waals surface area (Å²) in [6.45, 7) is 1.69. The molecule has 1 aromatic carbocycles. The summed E-state index contributed by atoms with van der Waals surface area (Å²) in [6, 6.07) is 5.64. The Morgan fingerprint density at radius 1 is 1.38 bits per heavy atom. The van der Waals surface area contributed by atoms with Crippen molar-refractivity contribution in [1.82, 2.24) is 10.2 Å². The van der Waals surface area contributed by atoms with E-state index in [1.807, 2.05) is 0 Å². The van der Waals surface area contributed by atoms with Gasteiger partial charge in [0, 0.05) is 12.6 Å². The van der Waals surface area contributed by atoms with Crippen LogP contribution >= 0.6 is 24.0 Å². The number of thiocarbonyl (C=S) groups is 1. The molecule has 1 atom stereocenters. The van der Waals surface area contributed by atoms with Gasteiger partial charge in [0.1, 0.15) is 10.4 Å². The maximum absolute atomic E-state index is 12.0. The number of carboxylic acids is 1. The van der Waals surface area contributed by atoms with Crippen molar-refractivity contribution in [3.63, 3.8) is 0 Å². The zero-order valence-corrected chi connectivity index (χ0v) is 14.7. The fraction of sp³-hybridized carbons (Fsp3) is 0.250. The Labute approximate surface area is 148 Å². The van der Waals surface area contributed by atoms with Crippen LogP contribution in [0, 0.1) is 0 Å². The normalized spacial score (nSPS) is 17.2. The summed E-state index contributed by atoms with van der Waals surface area (Å²) in [5.41, 5.74) is 1.11. The summed E-state index contributed by atoms with van der Waals surface area (Å²) in [5, 5.41) is 11.4. The van der Waals surface area contributed by atoms with Crippen molar-refractivity contribution < 1.29 is 19.5 Å². The summed E-state index contributed by atoms with van der Waals surface area (Å²) in [6.07, 6.45) is 2.01. The lowest BCUT2D eigenvalue weighted by atomic mass is 10.1. The molecular formula is C16H16N2O4S2. The Hall–Kier alpha value is -2.19. The molecule has 0 radical (unpaired) electrons. The molecule has 6 nitrogen and oxygen atoms in total. The van der Waals surface area contributed by atoms with Gasteiger partial charge in [-0.25, -0.2) is 4.79 Å². The molecule has 1 saturated heterocycles. The highest BCUT2D eigenvalue weighted by atomic mass is 32.2. The predicted octanol–water partition coefficient (Wildman–Crippen LogP) is 2.11. The summed E-state index contributed by atoms with van der Waals surface area (Å²) in [4.78, 5) is 36.9. The van der Waals surface area contributed by atoms with Crippen LogP contribution in [-0.4, -0.2) is 45.2 Å². The molecule has 126 valence electrons. The third-order valence-corrected chi connectivity index (χ3v) is 4.95. The maximum atomic E-state index is 12.0. The summed E-state index contributed by atoms with van der Waals surface area (Å²) in [5.74, 6) is -1.67. The highest BCUT2D eigenvalue weighted by Crippen LogP contribution is 2.31. The first-order valence-electron chi connectivity index (χ1n) is 7.18. The van der Waals surface area contributed by atoms with Gasteiger partial charge >= 0.3 is 5.97 Å². The monoisotopic (exact) mass is 364 g/mol. The van der Waals surface area contributed by atoms with Crippen LogP contribution in [-0.2, 0) is 9.59 Å². The van der Waals surface area contributed by atoms with E-state index in [9.17, 15) is 14.4 Å². The first-order chi connectivity index (χ1) is 11.3. The van der Waals surface area contributed by atoms with Crippen LogP contribution in [0.5, 0.6) is 0 Å². The topological polar surface area (TPSA) is 86.7 Å². The van der Waals surface area contributed by atoms with Gasteiger partial charge in [0.15, 0.2) is 0 Å². The number of likely N-dealkylation sites (N-methyl/N-ethyl adjacent to an activating group) is 1. The Morgan fingerprint density at radius 3 is 2.46 bits per heavy atom. The molecule has 1 aliphatic heterocycles. The molecule has 1 fully saturated rings. The van der Waals surface area contributed by atoms with Gasteiger partial charge in [-0.15, -0.1) is 0 Å². The van der Waals surface area contributed by atoms with Crippen molar-refractivity contribution in [2.24, 2.45) is 0 Å². The van der Waals surface area contributed by atoms with Gasteiger partial charge in [-0.05, 0) is 30.2 Å². The molecule has 2 N–H and O–H groups in total. The Kier molecular flexibility index (Phi) is 5.74. The molecule has 0 aliphatic carbocycles. The second kappa shape index (κ2) is 7.59. The summed E-state index contributed by atoms with van der Waals surface area (Å²) < 4.78 is 0.501. The van der Waals surface area contributed by atoms with E-state index in [0.717, 1.165) is 5.56 Å². The minimum Gasteiger partial charge on any atom is -0.480 e. The number of carbonyl (C=O) groups excluding carboxylic acids is 2. The molecule has 1 aliphatic rings. The van der Waals surface area contributed by atoms with Crippen molar-refractivity contribution in [2.75, 3.05) is 7.05 Å². The molecule has 1 heterocycles. The number of carbonyl (C=O) groups is 3. The number of benzene rings is 1. The minimum atomic E-state index is -1.07. The average Bonchev–Trinajstić information content (AvgIpc) is 2.79. The van der Waals surface area contributed by atoms with E-state index >= 15 is 0 Å². The lowest BCUT2D eigenvalue weighted by Gasteiger charge is -2.12. The van der Waals surface area contributed by atoms with Crippen LogP contribution in [0.25, 0.3) is 6.08 Å². The molecule has 24 heavy (non-hydrogen) atoms. The maximum Gasteiger partial charge on any atom is 0.326 e. The number of nitrogens with zero attached hydrogens (tertiary/aromatic N) is 1. The third-order valence-electron chi connectivity index (χ3n) is 3.47. The summed E-state index contributed by atoms with van der Waals surface area (Å²) in [7, 11) is 1.62. The first kappa shape index (κ1) is 18.2. The highest BCUT2D eigenvalue weighted by molar-refractivity contribution is 8.26.